The lowest BCUT2D eigenvalue weighted by Crippen LogP contribution is -2.47. The summed E-state index contributed by atoms with van der Waals surface area (Å²) < 4.78 is 0. The smallest absolute Gasteiger partial charge is 0.00844 e. The summed E-state index contributed by atoms with van der Waals surface area (Å²) >= 11 is 0. The summed E-state index contributed by atoms with van der Waals surface area (Å²) in [7, 11) is 0. The molecule has 0 saturated carbocycles. The van der Waals surface area contributed by atoms with Gasteiger partial charge < -0.3 is 5.73 Å². The number of likely N-dealkylation sites (tertiary alicyclic amines) is 1. The first-order valence-corrected chi connectivity index (χ1v) is 6.02. The number of nitrogens with two attached hydrogens (primary N) is 1. The van der Waals surface area contributed by atoms with Crippen molar-refractivity contribution in [1.82, 2.24) is 4.90 Å². The highest BCUT2D eigenvalue weighted by atomic mass is 15.2. The average molecular weight is 198 g/mol. The fraction of sp³-hybridized carbons (Fsp3) is 1.00. The van der Waals surface area contributed by atoms with E-state index < -0.39 is 0 Å². The van der Waals surface area contributed by atoms with E-state index in [1.54, 1.807) is 0 Å². The van der Waals surface area contributed by atoms with Crippen LogP contribution in [0, 0.1) is 5.92 Å². The summed E-state index contributed by atoms with van der Waals surface area (Å²) in [4.78, 5) is 2.64. The Morgan fingerprint density at radius 2 is 1.93 bits per heavy atom. The number of rotatable bonds is 3. The van der Waals surface area contributed by atoms with Gasteiger partial charge >= 0.3 is 0 Å². The molecule has 0 aromatic heterocycles. The van der Waals surface area contributed by atoms with Crippen LogP contribution >= 0.6 is 0 Å². The van der Waals surface area contributed by atoms with Crippen molar-refractivity contribution < 1.29 is 0 Å². The molecule has 0 amide bonds. The van der Waals surface area contributed by atoms with E-state index in [-0.39, 0.29) is 0 Å². The van der Waals surface area contributed by atoms with Crippen molar-refractivity contribution in [2.75, 3.05) is 6.54 Å². The van der Waals surface area contributed by atoms with Crippen molar-refractivity contribution in [3.8, 4) is 0 Å². The molecule has 0 radical (unpaired) electrons. The maximum absolute atomic E-state index is 5.85. The fourth-order valence-corrected chi connectivity index (χ4v) is 2.61. The van der Waals surface area contributed by atoms with Crippen LogP contribution in [0.1, 0.15) is 47.0 Å². The van der Waals surface area contributed by atoms with Gasteiger partial charge in [0.2, 0.25) is 0 Å². The van der Waals surface area contributed by atoms with Gasteiger partial charge in [-0.25, -0.2) is 0 Å². The van der Waals surface area contributed by atoms with Crippen molar-refractivity contribution in [2.24, 2.45) is 11.7 Å². The van der Waals surface area contributed by atoms with Crippen molar-refractivity contribution in [3.05, 3.63) is 0 Å². The maximum Gasteiger partial charge on any atom is 0.00844 e. The van der Waals surface area contributed by atoms with Gasteiger partial charge in [-0.15, -0.1) is 0 Å². The van der Waals surface area contributed by atoms with Crippen LogP contribution < -0.4 is 5.73 Å². The van der Waals surface area contributed by atoms with E-state index in [2.05, 4.69) is 32.6 Å². The highest BCUT2D eigenvalue weighted by Crippen LogP contribution is 2.24. The van der Waals surface area contributed by atoms with Crippen molar-refractivity contribution >= 4 is 0 Å². The molecule has 2 heteroatoms. The van der Waals surface area contributed by atoms with Gasteiger partial charge in [0, 0.05) is 24.7 Å². The highest BCUT2D eigenvalue weighted by Gasteiger charge is 2.26. The van der Waals surface area contributed by atoms with E-state index in [4.69, 9.17) is 5.73 Å². The molecule has 4 atom stereocenters. The molecule has 2 nitrogen and oxygen atoms in total. The van der Waals surface area contributed by atoms with Gasteiger partial charge in [0.1, 0.15) is 0 Å². The second kappa shape index (κ2) is 5.13. The Balaban J connectivity index is 2.46. The maximum atomic E-state index is 5.85. The lowest BCUT2D eigenvalue weighted by molar-refractivity contribution is 0.0781. The third-order valence-electron chi connectivity index (χ3n) is 3.44. The topological polar surface area (TPSA) is 29.3 Å². The Labute approximate surface area is 88.8 Å². The van der Waals surface area contributed by atoms with Gasteiger partial charge in [-0.05, 0) is 46.0 Å². The summed E-state index contributed by atoms with van der Waals surface area (Å²) in [5.41, 5.74) is 5.85. The zero-order chi connectivity index (χ0) is 10.7. The fourth-order valence-electron chi connectivity index (χ4n) is 2.61. The molecule has 1 saturated heterocycles. The highest BCUT2D eigenvalue weighted by molar-refractivity contribution is 4.82. The van der Waals surface area contributed by atoms with Crippen molar-refractivity contribution in [1.29, 1.82) is 0 Å². The Morgan fingerprint density at radius 3 is 2.50 bits per heavy atom. The zero-order valence-corrected chi connectivity index (χ0v) is 10.2. The molecule has 0 spiro atoms. The third-order valence-corrected chi connectivity index (χ3v) is 3.44. The SMILES string of the molecule is CC(N)CC(C)N1CC(C)CCC1C. The summed E-state index contributed by atoms with van der Waals surface area (Å²) in [5.74, 6) is 0.863. The molecule has 1 aliphatic heterocycles. The number of hydrogen-bond acceptors (Lipinski definition) is 2. The van der Waals surface area contributed by atoms with Crippen molar-refractivity contribution in [3.63, 3.8) is 0 Å². The predicted octanol–water partition coefficient (Wildman–Crippen LogP) is 2.23. The minimum Gasteiger partial charge on any atom is -0.328 e. The minimum atomic E-state index is 0.328. The van der Waals surface area contributed by atoms with Crippen LogP contribution in [0.2, 0.25) is 0 Å². The first-order valence-electron chi connectivity index (χ1n) is 6.02. The van der Waals surface area contributed by atoms with Gasteiger partial charge in [-0.3, -0.25) is 4.90 Å². The lowest BCUT2D eigenvalue weighted by atomic mass is 9.92. The minimum absolute atomic E-state index is 0.328. The second-order valence-corrected chi connectivity index (χ2v) is 5.29. The molecular weight excluding hydrogens is 172 g/mol. The van der Waals surface area contributed by atoms with Crippen LogP contribution in [0.4, 0.5) is 0 Å². The Bertz CT molecular complexity index is 168. The van der Waals surface area contributed by atoms with Crippen molar-refractivity contribution in [2.45, 2.75) is 65.1 Å². The first-order chi connectivity index (χ1) is 6.50. The summed E-state index contributed by atoms with van der Waals surface area (Å²) in [6.45, 7) is 10.4. The van der Waals surface area contributed by atoms with E-state index in [1.165, 1.54) is 19.4 Å². The van der Waals surface area contributed by atoms with E-state index in [0.717, 1.165) is 18.4 Å². The van der Waals surface area contributed by atoms with E-state index in [0.29, 0.717) is 12.1 Å². The Kier molecular flexibility index (Phi) is 4.39. The standard InChI is InChI=1S/C12H26N2/c1-9-5-6-11(3)14(8-9)12(4)7-10(2)13/h9-12H,5-8,13H2,1-4H3. The summed E-state index contributed by atoms with van der Waals surface area (Å²) in [6.07, 6.45) is 3.87. The Hall–Kier alpha value is -0.0800. The molecule has 0 aromatic rings. The van der Waals surface area contributed by atoms with Gasteiger partial charge in [0.05, 0.1) is 0 Å². The molecule has 1 fully saturated rings. The largest absolute Gasteiger partial charge is 0.328 e. The molecule has 84 valence electrons. The zero-order valence-electron chi connectivity index (χ0n) is 10.2. The number of nitrogens with zero attached hydrogens (tertiary/aromatic N) is 1. The first kappa shape index (κ1) is 12.0. The normalized spacial score (nSPS) is 34.1. The van der Waals surface area contributed by atoms with E-state index in [1.807, 2.05) is 0 Å². The summed E-state index contributed by atoms with van der Waals surface area (Å²) in [6, 6.07) is 1.72. The number of hydrogen-bond donors (Lipinski definition) is 1. The molecule has 1 rings (SSSR count). The molecule has 1 heterocycles. The molecule has 0 aromatic carbocycles. The monoisotopic (exact) mass is 198 g/mol. The van der Waals surface area contributed by atoms with Gasteiger partial charge in [-0.1, -0.05) is 6.92 Å². The van der Waals surface area contributed by atoms with Crippen LogP contribution in [0.15, 0.2) is 0 Å². The predicted molar refractivity (Wildman–Crippen MR) is 62.3 cm³/mol. The molecule has 0 aliphatic carbocycles. The van der Waals surface area contributed by atoms with Crippen LogP contribution in [-0.4, -0.2) is 29.6 Å². The quantitative estimate of drug-likeness (QED) is 0.753. The molecule has 1 aliphatic rings. The van der Waals surface area contributed by atoms with Gasteiger partial charge in [0.15, 0.2) is 0 Å². The molecule has 0 bridgehead atoms. The molecule has 14 heavy (non-hydrogen) atoms. The second-order valence-electron chi connectivity index (χ2n) is 5.29. The van der Waals surface area contributed by atoms with E-state index >= 15 is 0 Å². The van der Waals surface area contributed by atoms with Crippen LogP contribution in [0.25, 0.3) is 0 Å². The molecular formula is C12H26N2. The third kappa shape index (κ3) is 3.25. The molecule has 4 unspecified atom stereocenters. The van der Waals surface area contributed by atoms with Crippen LogP contribution in [-0.2, 0) is 0 Å². The van der Waals surface area contributed by atoms with Gasteiger partial charge in [-0.2, -0.15) is 0 Å². The van der Waals surface area contributed by atoms with Gasteiger partial charge in [0.25, 0.3) is 0 Å². The van der Waals surface area contributed by atoms with Crippen LogP contribution in [0.3, 0.4) is 0 Å². The summed E-state index contributed by atoms with van der Waals surface area (Å²) in [5, 5.41) is 0. The molecule has 2 N–H and O–H groups in total. The average Bonchev–Trinajstić information content (AvgIpc) is 2.08. The van der Waals surface area contributed by atoms with E-state index in [9.17, 15) is 0 Å². The lowest BCUT2D eigenvalue weighted by Gasteiger charge is -2.41. The number of piperidine rings is 1. The van der Waals surface area contributed by atoms with Crippen LogP contribution in [0.5, 0.6) is 0 Å². The Morgan fingerprint density at radius 1 is 1.29 bits per heavy atom.